The summed E-state index contributed by atoms with van der Waals surface area (Å²) in [4.78, 5) is 32.6. The number of thiophene rings is 1. The van der Waals surface area contributed by atoms with E-state index in [-0.39, 0.29) is 18.2 Å². The Morgan fingerprint density at radius 1 is 1.31 bits per heavy atom. The minimum Gasteiger partial charge on any atom is -0.462 e. The van der Waals surface area contributed by atoms with E-state index in [2.05, 4.69) is 10.6 Å². The maximum atomic E-state index is 12.3. The molecule has 2 aliphatic rings. The van der Waals surface area contributed by atoms with E-state index < -0.39 is 5.60 Å². The lowest BCUT2D eigenvalue weighted by molar-refractivity contribution is -0.0587. The molecular weight excluding hydrogens is 430 g/mol. The highest BCUT2D eigenvalue weighted by atomic mass is 32.1. The number of carbonyl (C=O) groups excluding carboxylic acids is 2. The molecule has 4 rings (SSSR count). The summed E-state index contributed by atoms with van der Waals surface area (Å²) < 4.78 is 18.4. The van der Waals surface area contributed by atoms with Crippen LogP contribution >= 0.6 is 11.3 Å². The molecule has 2 fully saturated rings. The Hall–Kier alpha value is -2.39. The van der Waals surface area contributed by atoms with Crippen molar-refractivity contribution in [2.75, 3.05) is 26.3 Å². The van der Waals surface area contributed by atoms with Crippen molar-refractivity contribution in [3.05, 3.63) is 22.3 Å². The molecule has 1 amide bonds. The number of amides is 1. The molecule has 32 heavy (non-hydrogen) atoms. The third-order valence-corrected chi connectivity index (χ3v) is 6.62. The number of esters is 1. The van der Waals surface area contributed by atoms with E-state index in [0.717, 1.165) is 42.0 Å². The summed E-state index contributed by atoms with van der Waals surface area (Å²) in [5.41, 5.74) is 1.56. The molecule has 2 aromatic heterocycles. The Labute approximate surface area is 192 Å². The van der Waals surface area contributed by atoms with E-state index in [1.165, 1.54) is 16.9 Å². The smallest absolute Gasteiger partial charge is 0.410 e. The van der Waals surface area contributed by atoms with Crippen LogP contribution in [0.3, 0.4) is 0 Å². The van der Waals surface area contributed by atoms with Crippen molar-refractivity contribution in [3.8, 4) is 0 Å². The fourth-order valence-electron chi connectivity index (χ4n) is 3.78. The fraction of sp³-hybridized carbons (Fsp3) is 0.609. The van der Waals surface area contributed by atoms with Crippen LogP contribution in [0.25, 0.3) is 16.4 Å². The zero-order valence-electron chi connectivity index (χ0n) is 19.2. The molecule has 2 aliphatic heterocycles. The third-order valence-electron chi connectivity index (χ3n) is 5.50. The Morgan fingerprint density at radius 2 is 2.03 bits per heavy atom. The molecule has 0 aliphatic carbocycles. The van der Waals surface area contributed by atoms with Crippen molar-refractivity contribution in [1.82, 2.24) is 14.5 Å². The summed E-state index contributed by atoms with van der Waals surface area (Å²) >= 11 is 1.41. The van der Waals surface area contributed by atoms with Crippen LogP contribution < -0.4 is 0 Å². The van der Waals surface area contributed by atoms with Gasteiger partial charge in [0, 0.05) is 19.7 Å². The van der Waals surface area contributed by atoms with E-state index >= 15 is 0 Å². The van der Waals surface area contributed by atoms with Gasteiger partial charge in [0.2, 0.25) is 0 Å². The first-order valence-corrected chi connectivity index (χ1v) is 12.0. The Balaban J connectivity index is 1.52. The Kier molecular flexibility index (Phi) is 6.57. The molecular formula is C23H31N3O5S. The molecule has 2 saturated heterocycles. The van der Waals surface area contributed by atoms with E-state index in [4.69, 9.17) is 19.2 Å². The lowest BCUT2D eigenvalue weighted by Crippen LogP contribution is -2.40. The minimum absolute atomic E-state index is 0.173. The third kappa shape index (κ3) is 5.15. The van der Waals surface area contributed by atoms with Crippen LogP contribution in [0.4, 0.5) is 4.79 Å². The highest BCUT2D eigenvalue weighted by molar-refractivity contribution is 7.20. The quantitative estimate of drug-likeness (QED) is 0.611. The second-order valence-corrected chi connectivity index (χ2v) is 10.2. The van der Waals surface area contributed by atoms with Gasteiger partial charge in [0.05, 0.1) is 19.3 Å². The summed E-state index contributed by atoms with van der Waals surface area (Å²) in [5, 5.41) is 0. The molecule has 4 heterocycles. The molecule has 0 spiro atoms. The highest BCUT2D eigenvalue weighted by Gasteiger charge is 2.26. The first-order chi connectivity index (χ1) is 15.2. The number of likely N-dealkylation sites (tertiary alicyclic amines) is 1. The number of piperidine rings is 1. The predicted molar refractivity (Wildman–Crippen MR) is 123 cm³/mol. The van der Waals surface area contributed by atoms with Crippen LogP contribution in [-0.2, 0) is 20.8 Å². The number of ether oxygens (including phenoxy) is 3. The van der Waals surface area contributed by atoms with Gasteiger partial charge in [0.15, 0.2) is 0 Å². The van der Waals surface area contributed by atoms with E-state index in [0.29, 0.717) is 31.1 Å². The average Bonchev–Trinajstić information content (AvgIpc) is 3.22. The average molecular weight is 462 g/mol. The summed E-state index contributed by atoms with van der Waals surface area (Å²) in [7, 11) is 0. The zero-order chi connectivity index (χ0) is 22.9. The number of hydrogen-bond acceptors (Lipinski definition) is 7. The summed E-state index contributed by atoms with van der Waals surface area (Å²) in [6, 6.07) is 1.81. The normalized spacial score (nSPS) is 19.1. The topological polar surface area (TPSA) is 82.9 Å². The number of hydrogen-bond donors (Lipinski definition) is 0. The summed E-state index contributed by atoms with van der Waals surface area (Å²) in [5.74, 6) is 0.564. The van der Waals surface area contributed by atoms with Crippen LogP contribution in [-0.4, -0.2) is 64.5 Å². The standard InChI is InChI=1S/C23H31N3O5S/c1-5-29-21(27)18-13-17-20(32-18)26(14-16-8-11-30-16)19(24-17)12-15-6-9-25(10-7-15)22(28)31-23(2,3)4/h12-13,16H,5-11,14H2,1-4H3/t16-/m0/s1. The van der Waals surface area contributed by atoms with Gasteiger partial charge in [0.25, 0.3) is 0 Å². The number of rotatable bonds is 5. The first kappa shape index (κ1) is 22.8. The van der Waals surface area contributed by atoms with E-state index in [1.54, 1.807) is 11.8 Å². The number of aromatic nitrogens is 2. The van der Waals surface area contributed by atoms with Gasteiger partial charge in [0.1, 0.15) is 26.6 Å². The first-order valence-electron chi connectivity index (χ1n) is 11.2. The summed E-state index contributed by atoms with van der Waals surface area (Å²) in [6.45, 7) is 10.6. The lowest BCUT2D eigenvalue weighted by Gasteiger charge is -2.31. The van der Waals surface area contributed by atoms with Crippen LogP contribution in [0.1, 0.15) is 62.5 Å². The molecule has 9 heteroatoms. The molecule has 0 radical (unpaired) electrons. The number of carbonyl (C=O) groups is 2. The van der Waals surface area contributed by atoms with Gasteiger partial charge in [-0.1, -0.05) is 5.57 Å². The van der Waals surface area contributed by atoms with Gasteiger partial charge in [-0.15, -0.1) is 11.3 Å². The Morgan fingerprint density at radius 3 is 2.62 bits per heavy atom. The number of nitrogens with zero attached hydrogens (tertiary/aromatic N) is 3. The second kappa shape index (κ2) is 9.23. The van der Waals surface area contributed by atoms with Gasteiger partial charge in [-0.25, -0.2) is 14.6 Å². The van der Waals surface area contributed by atoms with Gasteiger partial charge >= 0.3 is 12.1 Å². The van der Waals surface area contributed by atoms with Crippen molar-refractivity contribution in [1.29, 1.82) is 0 Å². The van der Waals surface area contributed by atoms with Crippen LogP contribution in [0.2, 0.25) is 0 Å². The lowest BCUT2D eigenvalue weighted by atomic mass is 10.0. The molecule has 0 aromatic carbocycles. The van der Waals surface area contributed by atoms with Gasteiger partial charge in [-0.05, 0) is 59.1 Å². The maximum absolute atomic E-state index is 12.3. The molecule has 0 bridgehead atoms. The molecule has 0 unspecified atom stereocenters. The molecule has 174 valence electrons. The monoisotopic (exact) mass is 461 g/mol. The molecule has 8 nitrogen and oxygen atoms in total. The number of fused-ring (bicyclic) bond motifs is 1. The largest absolute Gasteiger partial charge is 0.462 e. The van der Waals surface area contributed by atoms with E-state index in [9.17, 15) is 9.59 Å². The highest BCUT2D eigenvalue weighted by Crippen LogP contribution is 2.31. The SMILES string of the molecule is CCOC(=O)c1cc2nc(C=C3CCN(C(=O)OC(C)(C)C)CC3)n(C[C@@H]3CCO3)c2s1. The molecule has 1 atom stereocenters. The van der Waals surface area contributed by atoms with Crippen LogP contribution in [0, 0.1) is 0 Å². The second-order valence-electron chi connectivity index (χ2n) is 9.15. The van der Waals surface area contributed by atoms with Crippen molar-refractivity contribution in [2.24, 2.45) is 0 Å². The Bertz CT molecular complexity index is 1020. The van der Waals surface area contributed by atoms with Crippen LogP contribution in [0.15, 0.2) is 11.6 Å². The van der Waals surface area contributed by atoms with E-state index in [1.807, 2.05) is 26.8 Å². The van der Waals surface area contributed by atoms with Crippen molar-refractivity contribution in [2.45, 2.75) is 65.2 Å². The van der Waals surface area contributed by atoms with Gasteiger partial charge in [-0.2, -0.15) is 0 Å². The fourth-order valence-corrected chi connectivity index (χ4v) is 4.79. The minimum atomic E-state index is -0.490. The van der Waals surface area contributed by atoms with Crippen LogP contribution in [0.5, 0.6) is 0 Å². The zero-order valence-corrected chi connectivity index (χ0v) is 20.0. The molecule has 2 aromatic rings. The van der Waals surface area contributed by atoms with Gasteiger partial charge < -0.3 is 23.7 Å². The van der Waals surface area contributed by atoms with Crippen molar-refractivity contribution in [3.63, 3.8) is 0 Å². The maximum Gasteiger partial charge on any atom is 0.410 e. The summed E-state index contributed by atoms with van der Waals surface area (Å²) in [6.07, 6.45) is 4.64. The van der Waals surface area contributed by atoms with Crippen molar-refractivity contribution >= 4 is 39.8 Å². The van der Waals surface area contributed by atoms with Crippen molar-refractivity contribution < 1.29 is 23.8 Å². The molecule has 0 saturated carbocycles. The number of imidazole rings is 1. The molecule has 0 N–H and O–H groups in total. The predicted octanol–water partition coefficient (Wildman–Crippen LogP) is 4.48. The van der Waals surface area contributed by atoms with Gasteiger partial charge in [-0.3, -0.25) is 0 Å².